The average molecular weight is 315 g/mol. The average Bonchev–Trinajstić information content (AvgIpc) is 3.13. The van der Waals surface area contributed by atoms with Gasteiger partial charge in [-0.1, -0.05) is 17.7 Å². The predicted octanol–water partition coefficient (Wildman–Crippen LogP) is 4.06. The number of anilines is 1. The van der Waals surface area contributed by atoms with Crippen LogP contribution in [-0.2, 0) is 0 Å². The summed E-state index contributed by atoms with van der Waals surface area (Å²) in [5.74, 6) is -0.178. The van der Waals surface area contributed by atoms with Crippen LogP contribution in [-0.4, -0.2) is 14.9 Å². The first kappa shape index (κ1) is 13.9. The summed E-state index contributed by atoms with van der Waals surface area (Å²) in [5, 5.41) is 5.09. The van der Waals surface area contributed by atoms with Crippen LogP contribution in [0.25, 0.3) is 0 Å². The third kappa shape index (κ3) is 3.53. The van der Waals surface area contributed by atoms with Gasteiger partial charge in [0.15, 0.2) is 5.01 Å². The van der Waals surface area contributed by atoms with Crippen molar-refractivity contribution in [2.45, 2.75) is 11.8 Å². The van der Waals surface area contributed by atoms with Crippen molar-refractivity contribution in [3.05, 3.63) is 64.9 Å². The van der Waals surface area contributed by atoms with Gasteiger partial charge in [-0.2, -0.15) is 0 Å². The van der Waals surface area contributed by atoms with Gasteiger partial charge in [0.2, 0.25) is 0 Å². The van der Waals surface area contributed by atoms with Crippen LogP contribution in [0, 0.1) is 6.92 Å². The number of rotatable bonds is 4. The highest BCUT2D eigenvalue weighted by atomic mass is 32.2. The second-order valence-corrected chi connectivity index (χ2v) is 6.43. The summed E-state index contributed by atoms with van der Waals surface area (Å²) in [4.78, 5) is 17.0. The number of carbonyl (C=O) groups is 1. The molecule has 0 aliphatic carbocycles. The molecule has 0 radical (unpaired) electrons. The molecule has 0 spiro atoms. The van der Waals surface area contributed by atoms with Gasteiger partial charge in [-0.05, 0) is 37.1 Å². The molecule has 106 valence electrons. The van der Waals surface area contributed by atoms with E-state index in [2.05, 4.69) is 41.5 Å². The quantitative estimate of drug-likeness (QED) is 0.790. The maximum atomic E-state index is 11.9. The van der Waals surface area contributed by atoms with Crippen LogP contribution in [0.2, 0.25) is 0 Å². The van der Waals surface area contributed by atoms with E-state index in [9.17, 15) is 4.79 Å². The molecule has 1 aromatic carbocycles. The summed E-state index contributed by atoms with van der Waals surface area (Å²) in [6.07, 6.45) is 5.43. The summed E-state index contributed by atoms with van der Waals surface area (Å²) in [6, 6.07) is 10.2. The zero-order valence-electron chi connectivity index (χ0n) is 11.3. The van der Waals surface area contributed by atoms with Gasteiger partial charge in [-0.3, -0.25) is 8.77 Å². The Morgan fingerprint density at radius 1 is 1.29 bits per heavy atom. The van der Waals surface area contributed by atoms with Gasteiger partial charge in [0.1, 0.15) is 0 Å². The highest BCUT2D eigenvalue weighted by molar-refractivity contribution is 7.97. The van der Waals surface area contributed by atoms with E-state index < -0.39 is 0 Å². The molecule has 3 rings (SSSR count). The lowest BCUT2D eigenvalue weighted by Crippen LogP contribution is -2.10. The number of nitrogens with zero attached hydrogens (tertiary/aromatic N) is 2. The monoisotopic (exact) mass is 315 g/mol. The van der Waals surface area contributed by atoms with Crippen molar-refractivity contribution < 1.29 is 4.79 Å². The lowest BCUT2D eigenvalue weighted by atomic mass is 10.2. The van der Waals surface area contributed by atoms with Crippen molar-refractivity contribution in [2.24, 2.45) is 0 Å². The lowest BCUT2D eigenvalue weighted by Gasteiger charge is -2.02. The second-order valence-electron chi connectivity index (χ2n) is 4.46. The Hall–Kier alpha value is -2.05. The standard InChI is InChI=1S/C15H13N3OS2/c1-11-2-4-13(5-3-11)21-18-8-6-12(10-18)17-14(19)15-16-7-9-20-15/h2-10H,1H3,(H,17,19). The molecule has 1 amide bonds. The highest BCUT2D eigenvalue weighted by Gasteiger charge is 2.09. The minimum Gasteiger partial charge on any atom is -0.319 e. The van der Waals surface area contributed by atoms with E-state index in [4.69, 9.17) is 0 Å². The van der Waals surface area contributed by atoms with Gasteiger partial charge in [0.05, 0.1) is 5.69 Å². The fourth-order valence-corrected chi connectivity index (χ4v) is 3.07. The maximum absolute atomic E-state index is 11.9. The molecule has 0 atom stereocenters. The smallest absolute Gasteiger partial charge is 0.284 e. The molecular weight excluding hydrogens is 302 g/mol. The third-order valence-corrected chi connectivity index (χ3v) is 4.48. The number of aryl methyl sites for hydroxylation is 1. The number of amides is 1. The molecule has 0 aliphatic rings. The topological polar surface area (TPSA) is 46.9 Å². The Labute approximate surface area is 131 Å². The highest BCUT2D eigenvalue weighted by Crippen LogP contribution is 2.23. The summed E-state index contributed by atoms with van der Waals surface area (Å²) in [7, 11) is 0. The summed E-state index contributed by atoms with van der Waals surface area (Å²) < 4.78 is 1.96. The first-order valence-electron chi connectivity index (χ1n) is 6.34. The molecule has 0 saturated heterocycles. The molecule has 0 bridgehead atoms. The lowest BCUT2D eigenvalue weighted by molar-refractivity contribution is 0.102. The first-order chi connectivity index (χ1) is 10.2. The molecule has 2 aromatic heterocycles. The van der Waals surface area contributed by atoms with E-state index >= 15 is 0 Å². The van der Waals surface area contributed by atoms with Crippen molar-refractivity contribution >= 4 is 34.9 Å². The fraction of sp³-hybridized carbons (Fsp3) is 0.0667. The summed E-state index contributed by atoms with van der Waals surface area (Å²) >= 11 is 2.92. The van der Waals surface area contributed by atoms with Crippen LogP contribution >= 0.6 is 23.3 Å². The normalized spacial score (nSPS) is 10.5. The summed E-state index contributed by atoms with van der Waals surface area (Å²) in [5.41, 5.74) is 2.00. The predicted molar refractivity (Wildman–Crippen MR) is 86.9 cm³/mol. The van der Waals surface area contributed by atoms with Crippen molar-refractivity contribution in [3.8, 4) is 0 Å². The van der Waals surface area contributed by atoms with Crippen molar-refractivity contribution in [1.29, 1.82) is 0 Å². The number of aromatic nitrogens is 2. The Balaban J connectivity index is 1.66. The molecule has 21 heavy (non-hydrogen) atoms. The van der Waals surface area contributed by atoms with Crippen LogP contribution in [0.4, 0.5) is 5.69 Å². The van der Waals surface area contributed by atoms with Crippen LogP contribution in [0.5, 0.6) is 0 Å². The number of benzene rings is 1. The maximum Gasteiger partial charge on any atom is 0.284 e. The van der Waals surface area contributed by atoms with Gasteiger partial charge in [0.25, 0.3) is 5.91 Å². The van der Waals surface area contributed by atoms with Gasteiger partial charge in [0, 0.05) is 28.9 Å². The number of hydrogen-bond donors (Lipinski definition) is 1. The van der Waals surface area contributed by atoms with Gasteiger partial charge < -0.3 is 5.32 Å². The van der Waals surface area contributed by atoms with E-state index in [0.717, 1.165) is 10.6 Å². The Morgan fingerprint density at radius 3 is 2.81 bits per heavy atom. The number of nitrogens with one attached hydrogen (secondary N) is 1. The van der Waals surface area contributed by atoms with E-state index in [-0.39, 0.29) is 5.91 Å². The van der Waals surface area contributed by atoms with Crippen LogP contribution in [0.3, 0.4) is 0 Å². The number of carbonyl (C=O) groups excluding carboxylic acids is 1. The Kier molecular flexibility index (Phi) is 4.08. The van der Waals surface area contributed by atoms with E-state index in [1.807, 2.05) is 22.4 Å². The van der Waals surface area contributed by atoms with Gasteiger partial charge in [-0.25, -0.2) is 4.98 Å². The third-order valence-electron chi connectivity index (χ3n) is 2.78. The SMILES string of the molecule is Cc1ccc(Sn2ccc(NC(=O)c3nccs3)c2)cc1. The first-order valence-corrected chi connectivity index (χ1v) is 8.00. The van der Waals surface area contributed by atoms with Crippen LogP contribution < -0.4 is 5.32 Å². The number of thiazole rings is 1. The molecule has 3 aromatic rings. The van der Waals surface area contributed by atoms with E-state index in [0.29, 0.717) is 5.01 Å². The van der Waals surface area contributed by atoms with Crippen molar-refractivity contribution in [1.82, 2.24) is 8.96 Å². The van der Waals surface area contributed by atoms with E-state index in [1.165, 1.54) is 16.9 Å². The van der Waals surface area contributed by atoms with Crippen LogP contribution in [0.15, 0.2) is 59.2 Å². The molecular formula is C15H13N3OS2. The molecule has 0 saturated carbocycles. The minimum atomic E-state index is -0.178. The molecule has 0 unspecified atom stereocenters. The van der Waals surface area contributed by atoms with Crippen LogP contribution in [0.1, 0.15) is 15.4 Å². The second kappa shape index (κ2) is 6.15. The van der Waals surface area contributed by atoms with Crippen molar-refractivity contribution in [2.75, 3.05) is 5.32 Å². The minimum absolute atomic E-state index is 0.178. The Bertz CT molecular complexity index is 733. The molecule has 2 heterocycles. The zero-order valence-corrected chi connectivity index (χ0v) is 12.9. The Morgan fingerprint density at radius 2 is 2.10 bits per heavy atom. The van der Waals surface area contributed by atoms with E-state index in [1.54, 1.807) is 23.5 Å². The fourth-order valence-electron chi connectivity index (χ4n) is 1.75. The largest absolute Gasteiger partial charge is 0.319 e. The summed E-state index contributed by atoms with van der Waals surface area (Å²) in [6.45, 7) is 2.07. The molecule has 1 N–H and O–H groups in total. The molecule has 0 aliphatic heterocycles. The van der Waals surface area contributed by atoms with Gasteiger partial charge >= 0.3 is 0 Å². The zero-order chi connectivity index (χ0) is 14.7. The van der Waals surface area contributed by atoms with Crippen molar-refractivity contribution in [3.63, 3.8) is 0 Å². The molecule has 4 nitrogen and oxygen atoms in total. The van der Waals surface area contributed by atoms with Gasteiger partial charge in [-0.15, -0.1) is 11.3 Å². The number of hydrogen-bond acceptors (Lipinski definition) is 4. The molecule has 6 heteroatoms. The molecule has 0 fully saturated rings.